The van der Waals surface area contributed by atoms with Crippen molar-refractivity contribution in [3.8, 4) is 5.75 Å². The first-order valence-corrected chi connectivity index (χ1v) is 9.50. The van der Waals surface area contributed by atoms with Crippen LogP contribution in [0, 0.1) is 0 Å². The number of phenols is 1. The zero-order valence-corrected chi connectivity index (χ0v) is 17.5. The molecule has 0 radical (unpaired) electrons. The Morgan fingerprint density at radius 2 is 2.00 bits per heavy atom. The molecule has 0 unspecified atom stereocenters. The van der Waals surface area contributed by atoms with Crippen molar-refractivity contribution < 1.29 is 9.90 Å². The summed E-state index contributed by atoms with van der Waals surface area (Å²) >= 11 is 12.7. The van der Waals surface area contributed by atoms with Gasteiger partial charge in [-0.25, -0.2) is 5.43 Å². The molecule has 136 valence electrons. The highest BCUT2D eigenvalue weighted by Crippen LogP contribution is 2.33. The lowest BCUT2D eigenvalue weighted by Crippen LogP contribution is -2.26. The third kappa shape index (κ3) is 5.59. The number of carbonyl (C=O) groups is 1. The number of hydrogen-bond donors (Lipinski definition) is 3. The molecule has 0 spiro atoms. The Balaban J connectivity index is 1.94. The molecule has 0 bridgehead atoms. The number of allylic oxidation sites excluding steroid dienone is 1. The fourth-order valence-corrected chi connectivity index (χ4v) is 4.08. The molecular weight excluding hydrogens is 485 g/mol. The Morgan fingerprint density at radius 3 is 2.65 bits per heavy atom. The molecule has 0 fully saturated rings. The number of halogens is 3. The maximum Gasteiger partial charge on any atom is 0.259 e. The van der Waals surface area contributed by atoms with Gasteiger partial charge < -0.3 is 10.4 Å². The van der Waals surface area contributed by atoms with Gasteiger partial charge in [0.25, 0.3) is 5.91 Å². The van der Waals surface area contributed by atoms with Gasteiger partial charge in [0.2, 0.25) is 0 Å². The molecule has 0 saturated heterocycles. The fourth-order valence-electron chi connectivity index (χ4n) is 2.13. The molecule has 0 heterocycles. The van der Waals surface area contributed by atoms with Gasteiger partial charge in [0.05, 0.1) is 18.4 Å². The number of anilines is 1. The van der Waals surface area contributed by atoms with E-state index in [1.54, 1.807) is 36.4 Å². The fraction of sp³-hybridized carbons (Fsp3) is 0.111. The van der Waals surface area contributed by atoms with Gasteiger partial charge in [-0.3, -0.25) is 4.79 Å². The molecule has 0 aromatic heterocycles. The normalized spacial score (nSPS) is 10.7. The van der Waals surface area contributed by atoms with E-state index in [9.17, 15) is 9.90 Å². The third-order valence-corrected chi connectivity index (χ3v) is 4.81. The second kappa shape index (κ2) is 9.75. The highest BCUT2D eigenvalue weighted by molar-refractivity contribution is 9.11. The minimum absolute atomic E-state index is 0.0126. The minimum Gasteiger partial charge on any atom is -0.507 e. The first-order chi connectivity index (χ1) is 12.4. The minimum atomic E-state index is -0.336. The summed E-state index contributed by atoms with van der Waals surface area (Å²) in [5, 5.41) is 17.6. The van der Waals surface area contributed by atoms with Crippen molar-refractivity contribution >= 4 is 61.3 Å². The van der Waals surface area contributed by atoms with Crippen LogP contribution in [0.4, 0.5) is 5.69 Å². The van der Waals surface area contributed by atoms with Gasteiger partial charge in [-0.15, -0.1) is 6.58 Å². The highest BCUT2D eigenvalue weighted by Gasteiger charge is 2.09. The summed E-state index contributed by atoms with van der Waals surface area (Å²) < 4.78 is 1.47. The largest absolute Gasteiger partial charge is 0.507 e. The van der Waals surface area contributed by atoms with Crippen LogP contribution in [0.1, 0.15) is 11.1 Å². The smallest absolute Gasteiger partial charge is 0.259 e. The van der Waals surface area contributed by atoms with E-state index in [1.165, 1.54) is 6.21 Å². The van der Waals surface area contributed by atoms with Crippen molar-refractivity contribution in [2.24, 2.45) is 5.10 Å². The third-order valence-electron chi connectivity index (χ3n) is 3.34. The number of rotatable bonds is 7. The number of nitrogens with zero attached hydrogens (tertiary/aromatic N) is 1. The number of para-hydroxylation sites is 1. The average molecular weight is 502 g/mol. The molecule has 5 nitrogen and oxygen atoms in total. The lowest BCUT2D eigenvalue weighted by molar-refractivity contribution is -0.119. The molecule has 2 aromatic carbocycles. The second-order valence-corrected chi connectivity index (χ2v) is 7.38. The van der Waals surface area contributed by atoms with Crippen molar-refractivity contribution in [3.05, 3.63) is 68.1 Å². The highest BCUT2D eigenvalue weighted by atomic mass is 79.9. The Morgan fingerprint density at radius 1 is 1.31 bits per heavy atom. The zero-order chi connectivity index (χ0) is 19.1. The van der Waals surface area contributed by atoms with E-state index in [4.69, 9.17) is 11.6 Å². The summed E-state index contributed by atoms with van der Waals surface area (Å²) in [7, 11) is 0. The predicted octanol–water partition coefficient (Wildman–Crippen LogP) is 4.86. The Labute approximate surface area is 173 Å². The lowest BCUT2D eigenvalue weighted by Gasteiger charge is -2.10. The maximum absolute atomic E-state index is 11.9. The SMILES string of the molecule is C=CCc1cccc(/C=N/NC(=O)CNc2c(Br)cc(Cl)cc2Br)c1O. The van der Waals surface area contributed by atoms with Crippen LogP contribution < -0.4 is 10.7 Å². The number of amides is 1. The number of carbonyl (C=O) groups excluding carboxylic acids is 1. The molecular formula is C18H16Br2ClN3O2. The predicted molar refractivity (Wildman–Crippen MR) is 113 cm³/mol. The molecule has 0 saturated carbocycles. The van der Waals surface area contributed by atoms with E-state index in [2.05, 4.69) is 54.3 Å². The Hall–Kier alpha value is -1.83. The van der Waals surface area contributed by atoms with Crippen molar-refractivity contribution in [2.45, 2.75) is 6.42 Å². The van der Waals surface area contributed by atoms with Crippen molar-refractivity contribution in [3.63, 3.8) is 0 Å². The van der Waals surface area contributed by atoms with Crippen LogP contribution in [0.3, 0.4) is 0 Å². The van der Waals surface area contributed by atoms with Gasteiger partial charge in [-0.1, -0.05) is 29.8 Å². The van der Waals surface area contributed by atoms with Crippen molar-refractivity contribution in [1.82, 2.24) is 5.43 Å². The standard InChI is InChI=1S/C18H16Br2ClN3O2/c1-2-4-11-5-3-6-12(18(11)26)9-23-24-16(25)10-22-17-14(19)7-13(21)8-15(17)20/h2-3,5-9,22,26H,1,4,10H2,(H,24,25)/b23-9+. The van der Waals surface area contributed by atoms with E-state index < -0.39 is 0 Å². The maximum atomic E-state index is 11.9. The molecule has 26 heavy (non-hydrogen) atoms. The molecule has 0 aliphatic rings. The van der Waals surface area contributed by atoms with E-state index in [0.717, 1.165) is 14.5 Å². The number of nitrogens with one attached hydrogen (secondary N) is 2. The molecule has 2 aromatic rings. The van der Waals surface area contributed by atoms with Gasteiger partial charge in [0, 0.05) is 19.5 Å². The summed E-state index contributed by atoms with van der Waals surface area (Å²) in [5.41, 5.74) is 4.38. The van der Waals surface area contributed by atoms with E-state index >= 15 is 0 Å². The average Bonchev–Trinajstić information content (AvgIpc) is 2.57. The first kappa shape index (κ1) is 20.5. The van der Waals surface area contributed by atoms with Crippen LogP contribution in [-0.2, 0) is 11.2 Å². The molecule has 0 aliphatic heterocycles. The van der Waals surface area contributed by atoms with Crippen molar-refractivity contribution in [2.75, 3.05) is 11.9 Å². The molecule has 2 rings (SSSR count). The Bertz CT molecular complexity index is 833. The summed E-state index contributed by atoms with van der Waals surface area (Å²) in [6, 6.07) is 8.77. The van der Waals surface area contributed by atoms with Crippen molar-refractivity contribution in [1.29, 1.82) is 0 Å². The van der Waals surface area contributed by atoms with Gasteiger partial charge in [-0.05, 0) is 62.0 Å². The first-order valence-electron chi connectivity index (χ1n) is 7.54. The topological polar surface area (TPSA) is 73.7 Å². The van der Waals surface area contributed by atoms with Crippen LogP contribution in [0.15, 0.2) is 57.0 Å². The second-order valence-electron chi connectivity index (χ2n) is 5.24. The summed E-state index contributed by atoms with van der Waals surface area (Å²) in [6.45, 7) is 3.66. The summed E-state index contributed by atoms with van der Waals surface area (Å²) in [4.78, 5) is 11.9. The molecule has 0 atom stereocenters. The van der Waals surface area contributed by atoms with Crippen LogP contribution in [-0.4, -0.2) is 23.8 Å². The summed E-state index contributed by atoms with van der Waals surface area (Å²) in [5.74, 6) is -0.214. The van der Waals surface area contributed by atoms with Crippen LogP contribution in [0.25, 0.3) is 0 Å². The van der Waals surface area contributed by atoms with Gasteiger partial charge in [0.1, 0.15) is 5.75 Å². The van der Waals surface area contributed by atoms with Gasteiger partial charge in [0.15, 0.2) is 0 Å². The number of aromatic hydroxyl groups is 1. The van der Waals surface area contributed by atoms with Gasteiger partial charge in [-0.2, -0.15) is 5.10 Å². The molecule has 1 amide bonds. The lowest BCUT2D eigenvalue weighted by atomic mass is 10.1. The molecule has 0 aliphatic carbocycles. The number of hydrogen-bond acceptors (Lipinski definition) is 4. The zero-order valence-electron chi connectivity index (χ0n) is 13.6. The Kier molecular flexibility index (Phi) is 7.68. The number of phenolic OH excluding ortho intramolecular Hbond substituents is 1. The molecule has 3 N–H and O–H groups in total. The van der Waals surface area contributed by atoms with Crippen LogP contribution in [0.5, 0.6) is 5.75 Å². The van der Waals surface area contributed by atoms with Gasteiger partial charge >= 0.3 is 0 Å². The van der Waals surface area contributed by atoms with E-state index in [-0.39, 0.29) is 18.2 Å². The molecule has 8 heteroatoms. The van der Waals surface area contributed by atoms with Crippen LogP contribution >= 0.6 is 43.5 Å². The number of benzene rings is 2. The van der Waals surface area contributed by atoms with Crippen LogP contribution in [0.2, 0.25) is 5.02 Å². The quantitative estimate of drug-likeness (QED) is 0.288. The monoisotopic (exact) mass is 499 g/mol. The number of hydrazone groups is 1. The summed E-state index contributed by atoms with van der Waals surface area (Å²) in [6.07, 6.45) is 3.65. The van der Waals surface area contributed by atoms with E-state index in [0.29, 0.717) is 22.7 Å². The van der Waals surface area contributed by atoms with E-state index in [1.807, 2.05) is 0 Å².